The second-order valence-corrected chi connectivity index (χ2v) is 4.02. The molecule has 0 radical (unpaired) electrons. The summed E-state index contributed by atoms with van der Waals surface area (Å²) >= 11 is 0. The van der Waals surface area contributed by atoms with E-state index >= 15 is 0 Å². The number of nitrogens with one attached hydrogen (secondary N) is 1. The topological polar surface area (TPSA) is 15.3 Å². The van der Waals surface area contributed by atoms with E-state index in [1.165, 1.54) is 11.9 Å². The molecule has 1 aliphatic rings. The molecule has 2 nitrogen and oxygen atoms in total. The summed E-state index contributed by atoms with van der Waals surface area (Å²) in [6.45, 7) is 1.58. The molecule has 1 unspecified atom stereocenters. The Balaban J connectivity index is 2.21. The molecular formula is C9H17F3N2. The predicted molar refractivity (Wildman–Crippen MR) is 49.1 cm³/mol. The van der Waals surface area contributed by atoms with Gasteiger partial charge in [0, 0.05) is 6.54 Å². The number of hydrogen-bond acceptors (Lipinski definition) is 2. The molecule has 0 amide bonds. The number of halogens is 3. The highest BCUT2D eigenvalue weighted by Crippen LogP contribution is 2.17. The molecule has 0 saturated carbocycles. The van der Waals surface area contributed by atoms with Gasteiger partial charge in [-0.3, -0.25) is 4.90 Å². The molecule has 0 spiro atoms. The third-order valence-corrected chi connectivity index (χ3v) is 2.42. The van der Waals surface area contributed by atoms with Crippen LogP contribution in [0.2, 0.25) is 0 Å². The van der Waals surface area contributed by atoms with Crippen LogP contribution < -0.4 is 5.32 Å². The zero-order valence-corrected chi connectivity index (χ0v) is 8.40. The lowest BCUT2D eigenvalue weighted by atomic mass is 9.99. The van der Waals surface area contributed by atoms with Crippen LogP contribution in [-0.2, 0) is 0 Å². The third-order valence-electron chi connectivity index (χ3n) is 2.42. The maximum Gasteiger partial charge on any atom is 0.401 e. The van der Waals surface area contributed by atoms with E-state index in [0.717, 1.165) is 25.9 Å². The van der Waals surface area contributed by atoms with Gasteiger partial charge in [0.25, 0.3) is 0 Å². The molecule has 84 valence electrons. The fourth-order valence-electron chi connectivity index (χ4n) is 1.89. The van der Waals surface area contributed by atoms with Gasteiger partial charge in [0.2, 0.25) is 0 Å². The van der Waals surface area contributed by atoms with Crippen LogP contribution in [0.1, 0.15) is 12.8 Å². The second kappa shape index (κ2) is 4.98. The first-order valence-corrected chi connectivity index (χ1v) is 4.93. The fourth-order valence-corrected chi connectivity index (χ4v) is 1.89. The van der Waals surface area contributed by atoms with Crippen LogP contribution in [0.3, 0.4) is 0 Å². The SMILES string of the molecule is CN(CC1CCCNC1)CC(F)(F)F. The Morgan fingerprint density at radius 3 is 2.64 bits per heavy atom. The first-order chi connectivity index (χ1) is 6.47. The van der Waals surface area contributed by atoms with Gasteiger partial charge in [-0.15, -0.1) is 0 Å². The Morgan fingerprint density at radius 2 is 2.14 bits per heavy atom. The van der Waals surface area contributed by atoms with Crippen molar-refractivity contribution in [2.24, 2.45) is 5.92 Å². The van der Waals surface area contributed by atoms with Crippen molar-refractivity contribution in [1.82, 2.24) is 10.2 Å². The summed E-state index contributed by atoms with van der Waals surface area (Å²) in [5.74, 6) is 0.371. The molecule has 1 saturated heterocycles. The molecule has 1 rings (SSSR count). The van der Waals surface area contributed by atoms with Crippen LogP contribution in [0.4, 0.5) is 13.2 Å². The van der Waals surface area contributed by atoms with Crippen LogP contribution in [-0.4, -0.2) is 44.3 Å². The fraction of sp³-hybridized carbons (Fsp3) is 1.00. The van der Waals surface area contributed by atoms with Gasteiger partial charge >= 0.3 is 6.18 Å². The Labute approximate surface area is 82.5 Å². The maximum absolute atomic E-state index is 12.0. The quantitative estimate of drug-likeness (QED) is 0.759. The van der Waals surface area contributed by atoms with Gasteiger partial charge in [-0.05, 0) is 38.9 Å². The van der Waals surface area contributed by atoms with Gasteiger partial charge in [0.1, 0.15) is 0 Å². The van der Waals surface area contributed by atoms with Crippen molar-refractivity contribution < 1.29 is 13.2 Å². The number of piperidine rings is 1. The zero-order chi connectivity index (χ0) is 10.6. The zero-order valence-electron chi connectivity index (χ0n) is 8.40. The van der Waals surface area contributed by atoms with Gasteiger partial charge in [-0.2, -0.15) is 13.2 Å². The monoisotopic (exact) mass is 210 g/mol. The second-order valence-electron chi connectivity index (χ2n) is 4.02. The van der Waals surface area contributed by atoms with E-state index in [2.05, 4.69) is 5.32 Å². The molecule has 5 heteroatoms. The lowest BCUT2D eigenvalue weighted by Crippen LogP contribution is -2.40. The standard InChI is InChI=1S/C9H17F3N2/c1-14(7-9(10,11)12)6-8-3-2-4-13-5-8/h8,13H,2-7H2,1H3. The average Bonchev–Trinajstić information content (AvgIpc) is 2.02. The predicted octanol–water partition coefficient (Wildman–Crippen LogP) is 1.48. The third kappa shape index (κ3) is 4.81. The molecule has 0 bridgehead atoms. The first kappa shape index (κ1) is 11.8. The van der Waals surface area contributed by atoms with E-state index in [-0.39, 0.29) is 0 Å². The van der Waals surface area contributed by atoms with E-state index < -0.39 is 12.7 Å². The number of hydrogen-bond donors (Lipinski definition) is 1. The first-order valence-electron chi connectivity index (χ1n) is 4.93. The van der Waals surface area contributed by atoms with Crippen LogP contribution in [0.5, 0.6) is 0 Å². The Morgan fingerprint density at radius 1 is 1.43 bits per heavy atom. The smallest absolute Gasteiger partial charge is 0.316 e. The molecule has 0 aromatic carbocycles. The molecule has 0 aliphatic carbocycles. The number of alkyl halides is 3. The van der Waals surface area contributed by atoms with Gasteiger partial charge in [-0.1, -0.05) is 0 Å². The van der Waals surface area contributed by atoms with E-state index in [1.807, 2.05) is 0 Å². The molecule has 0 aromatic rings. The van der Waals surface area contributed by atoms with E-state index in [1.54, 1.807) is 0 Å². The van der Waals surface area contributed by atoms with Gasteiger partial charge in [0.05, 0.1) is 6.54 Å². The highest BCUT2D eigenvalue weighted by Gasteiger charge is 2.30. The molecule has 14 heavy (non-hydrogen) atoms. The van der Waals surface area contributed by atoms with Crippen molar-refractivity contribution in [3.63, 3.8) is 0 Å². The number of rotatable bonds is 3. The average molecular weight is 210 g/mol. The minimum absolute atomic E-state index is 0.371. The van der Waals surface area contributed by atoms with Crippen molar-refractivity contribution in [3.8, 4) is 0 Å². The van der Waals surface area contributed by atoms with Crippen LogP contribution >= 0.6 is 0 Å². The molecular weight excluding hydrogens is 193 g/mol. The summed E-state index contributed by atoms with van der Waals surface area (Å²) in [5, 5.41) is 3.20. The molecule has 1 heterocycles. The van der Waals surface area contributed by atoms with E-state index in [4.69, 9.17) is 0 Å². The molecule has 0 aromatic heterocycles. The van der Waals surface area contributed by atoms with E-state index in [0.29, 0.717) is 12.5 Å². The van der Waals surface area contributed by atoms with Crippen LogP contribution in [0, 0.1) is 5.92 Å². The summed E-state index contributed by atoms with van der Waals surface area (Å²) in [5.41, 5.74) is 0. The molecule has 1 atom stereocenters. The maximum atomic E-state index is 12.0. The summed E-state index contributed by atoms with van der Waals surface area (Å²) in [7, 11) is 1.53. The summed E-state index contributed by atoms with van der Waals surface area (Å²) in [6.07, 6.45) is -1.96. The summed E-state index contributed by atoms with van der Waals surface area (Å²) < 4.78 is 36.0. The Hall–Kier alpha value is -0.290. The highest BCUT2D eigenvalue weighted by molar-refractivity contribution is 4.72. The normalized spacial score (nSPS) is 24.2. The van der Waals surface area contributed by atoms with Crippen LogP contribution in [0.25, 0.3) is 0 Å². The van der Waals surface area contributed by atoms with Gasteiger partial charge in [0.15, 0.2) is 0 Å². The van der Waals surface area contributed by atoms with Crippen molar-refractivity contribution in [2.75, 3.05) is 33.2 Å². The lowest BCUT2D eigenvalue weighted by molar-refractivity contribution is -0.144. The van der Waals surface area contributed by atoms with Crippen molar-refractivity contribution in [3.05, 3.63) is 0 Å². The minimum atomic E-state index is -4.07. The van der Waals surface area contributed by atoms with Crippen LogP contribution in [0.15, 0.2) is 0 Å². The van der Waals surface area contributed by atoms with Crippen molar-refractivity contribution in [2.45, 2.75) is 19.0 Å². The Kier molecular flexibility index (Phi) is 4.19. The summed E-state index contributed by atoms with van der Waals surface area (Å²) in [4.78, 5) is 1.36. The number of nitrogens with zero attached hydrogens (tertiary/aromatic N) is 1. The summed E-state index contributed by atoms with van der Waals surface area (Å²) in [6, 6.07) is 0. The lowest BCUT2D eigenvalue weighted by Gasteiger charge is -2.27. The Bertz CT molecular complexity index is 164. The minimum Gasteiger partial charge on any atom is -0.316 e. The van der Waals surface area contributed by atoms with Gasteiger partial charge < -0.3 is 5.32 Å². The molecule has 1 fully saturated rings. The molecule has 1 N–H and O–H groups in total. The highest BCUT2D eigenvalue weighted by atomic mass is 19.4. The van der Waals surface area contributed by atoms with E-state index in [9.17, 15) is 13.2 Å². The van der Waals surface area contributed by atoms with Crippen molar-refractivity contribution >= 4 is 0 Å². The largest absolute Gasteiger partial charge is 0.401 e. The van der Waals surface area contributed by atoms with Crippen molar-refractivity contribution in [1.29, 1.82) is 0 Å². The van der Waals surface area contributed by atoms with Gasteiger partial charge in [-0.25, -0.2) is 0 Å². The molecule has 1 aliphatic heterocycles.